The highest BCUT2D eigenvalue weighted by Gasteiger charge is 2.19. The van der Waals surface area contributed by atoms with Crippen LogP contribution >= 0.6 is 11.3 Å². The third-order valence-electron chi connectivity index (χ3n) is 3.92. The predicted molar refractivity (Wildman–Crippen MR) is 102 cm³/mol. The summed E-state index contributed by atoms with van der Waals surface area (Å²) in [5, 5.41) is 13.2. The van der Waals surface area contributed by atoms with Gasteiger partial charge in [0.1, 0.15) is 10.0 Å². The van der Waals surface area contributed by atoms with Gasteiger partial charge in [-0.15, -0.1) is 10.2 Å². The summed E-state index contributed by atoms with van der Waals surface area (Å²) in [6.45, 7) is 3.96. The monoisotopic (exact) mass is 367 g/mol. The summed E-state index contributed by atoms with van der Waals surface area (Å²) in [6, 6.07) is 11.8. The van der Waals surface area contributed by atoms with E-state index in [9.17, 15) is 4.79 Å². The summed E-state index contributed by atoms with van der Waals surface area (Å²) in [5.41, 5.74) is 9.64. The van der Waals surface area contributed by atoms with Crippen LogP contribution in [0.5, 0.6) is 0 Å². The van der Waals surface area contributed by atoms with E-state index in [0.29, 0.717) is 13.0 Å². The molecule has 134 valence electrons. The zero-order valence-corrected chi connectivity index (χ0v) is 15.6. The number of aromatic nitrogens is 3. The highest BCUT2D eigenvalue weighted by atomic mass is 32.1. The maximum absolute atomic E-state index is 11.7. The molecule has 0 aliphatic rings. The molecule has 0 saturated heterocycles. The number of hydrogen-bond acceptors (Lipinski definition) is 6. The number of nitrogens with two attached hydrogens (primary N) is 1. The predicted octanol–water partition coefficient (Wildman–Crippen LogP) is 2.79. The van der Waals surface area contributed by atoms with Gasteiger partial charge in [-0.2, -0.15) is 0 Å². The van der Waals surface area contributed by atoms with Crippen molar-refractivity contribution in [2.45, 2.75) is 32.9 Å². The third kappa shape index (κ3) is 4.50. The Balaban J connectivity index is 1.84. The molecule has 2 aromatic heterocycles. The van der Waals surface area contributed by atoms with Crippen molar-refractivity contribution in [3.8, 4) is 10.6 Å². The Morgan fingerprint density at radius 1 is 1.27 bits per heavy atom. The van der Waals surface area contributed by atoms with Crippen LogP contribution in [0.25, 0.3) is 10.6 Å². The average Bonchev–Trinajstić information content (AvgIpc) is 3.11. The van der Waals surface area contributed by atoms with E-state index in [0.717, 1.165) is 26.8 Å². The van der Waals surface area contributed by atoms with Gasteiger partial charge in [-0.3, -0.25) is 9.78 Å². The van der Waals surface area contributed by atoms with Crippen molar-refractivity contribution in [3.05, 3.63) is 64.4 Å². The van der Waals surface area contributed by atoms with E-state index in [-0.39, 0.29) is 11.9 Å². The van der Waals surface area contributed by atoms with E-state index in [1.54, 1.807) is 6.20 Å². The molecule has 2 heterocycles. The van der Waals surface area contributed by atoms with Gasteiger partial charge >= 0.3 is 0 Å². The highest BCUT2D eigenvalue weighted by molar-refractivity contribution is 7.14. The number of rotatable bonds is 6. The first kappa shape index (κ1) is 18.2. The molecule has 0 aliphatic heterocycles. The molecule has 6 nitrogen and oxygen atoms in total. The summed E-state index contributed by atoms with van der Waals surface area (Å²) in [5.74, 6) is -0.103. The van der Waals surface area contributed by atoms with Gasteiger partial charge in [0.05, 0.1) is 11.7 Å². The number of nitrogens with zero attached hydrogens (tertiary/aromatic N) is 3. The van der Waals surface area contributed by atoms with Crippen molar-refractivity contribution in [2.75, 3.05) is 0 Å². The smallest absolute Gasteiger partial charge is 0.217 e. The van der Waals surface area contributed by atoms with E-state index in [1.165, 1.54) is 23.8 Å². The molecule has 1 atom stereocenters. The first-order valence-electron chi connectivity index (χ1n) is 8.36. The van der Waals surface area contributed by atoms with Crippen molar-refractivity contribution >= 4 is 17.2 Å². The Morgan fingerprint density at radius 3 is 2.77 bits per heavy atom. The zero-order valence-electron chi connectivity index (χ0n) is 14.8. The first-order valence-corrected chi connectivity index (χ1v) is 9.18. The number of aryl methyl sites for hydroxylation is 1. The average molecular weight is 367 g/mol. The first-order chi connectivity index (χ1) is 12.5. The van der Waals surface area contributed by atoms with Crippen LogP contribution in [0.2, 0.25) is 0 Å². The van der Waals surface area contributed by atoms with Crippen LogP contribution in [-0.2, 0) is 17.8 Å². The fraction of sp³-hybridized carbons (Fsp3) is 0.263. The molecule has 0 bridgehead atoms. The quantitative estimate of drug-likeness (QED) is 0.699. The third-order valence-corrected chi connectivity index (χ3v) is 5.00. The number of carbonyl (C=O) groups excluding carboxylic acids is 1. The second-order valence-electron chi connectivity index (χ2n) is 6.13. The van der Waals surface area contributed by atoms with Gasteiger partial charge in [-0.1, -0.05) is 41.2 Å². The molecule has 1 unspecified atom stereocenters. The number of hydrogen-bond donors (Lipinski definition) is 2. The van der Waals surface area contributed by atoms with Gasteiger partial charge in [-0.25, -0.2) is 0 Å². The number of nitrogens with one attached hydrogen (secondary N) is 1. The van der Waals surface area contributed by atoms with Crippen LogP contribution in [0.3, 0.4) is 0 Å². The van der Waals surface area contributed by atoms with Gasteiger partial charge in [0.25, 0.3) is 0 Å². The van der Waals surface area contributed by atoms with Gasteiger partial charge in [0.15, 0.2) is 0 Å². The molecule has 1 amide bonds. The molecule has 0 aliphatic carbocycles. The molecule has 3 N–H and O–H groups in total. The lowest BCUT2D eigenvalue weighted by Crippen LogP contribution is -2.27. The minimum Gasteiger partial charge on any atom is -0.347 e. The van der Waals surface area contributed by atoms with Gasteiger partial charge in [0.2, 0.25) is 5.91 Å². The molecule has 1 aromatic carbocycles. The van der Waals surface area contributed by atoms with Crippen molar-refractivity contribution in [2.24, 2.45) is 5.73 Å². The second kappa shape index (κ2) is 8.16. The summed E-state index contributed by atoms with van der Waals surface area (Å²) >= 11 is 1.49. The molecule has 0 radical (unpaired) electrons. The van der Waals surface area contributed by atoms with Crippen LogP contribution in [0.1, 0.15) is 34.8 Å². The van der Waals surface area contributed by atoms with E-state index in [1.807, 2.05) is 37.3 Å². The lowest BCUT2D eigenvalue weighted by molar-refractivity contribution is -0.119. The van der Waals surface area contributed by atoms with Crippen molar-refractivity contribution < 1.29 is 4.79 Å². The van der Waals surface area contributed by atoms with Crippen LogP contribution in [0, 0.1) is 6.92 Å². The summed E-state index contributed by atoms with van der Waals surface area (Å²) in [7, 11) is 0. The van der Waals surface area contributed by atoms with Crippen LogP contribution in [0.15, 0.2) is 42.6 Å². The molecule has 3 aromatic rings. The van der Waals surface area contributed by atoms with Gasteiger partial charge < -0.3 is 11.1 Å². The van der Waals surface area contributed by atoms with Crippen LogP contribution < -0.4 is 11.1 Å². The van der Waals surface area contributed by atoms with Crippen LogP contribution in [-0.4, -0.2) is 21.1 Å². The number of pyridine rings is 1. The maximum Gasteiger partial charge on any atom is 0.217 e. The minimum atomic E-state index is -0.242. The second-order valence-corrected chi connectivity index (χ2v) is 7.14. The zero-order chi connectivity index (χ0) is 18.5. The summed E-state index contributed by atoms with van der Waals surface area (Å²) in [4.78, 5) is 16.0. The van der Waals surface area contributed by atoms with Crippen molar-refractivity contribution in [1.29, 1.82) is 0 Å². The molecular formula is C19H21N5OS. The van der Waals surface area contributed by atoms with E-state index in [2.05, 4.69) is 26.6 Å². The van der Waals surface area contributed by atoms with E-state index in [4.69, 9.17) is 5.73 Å². The lowest BCUT2D eigenvalue weighted by Gasteiger charge is -2.15. The Bertz CT molecular complexity index is 891. The standard InChI is InChI=1S/C19H21N5OS/c1-12-4-3-5-15(8-12)18-23-24-19(26-18)17(22-13(2)25)9-14-6-7-16(10-20)21-11-14/h3-8,11,17H,9-10,20H2,1-2H3,(H,22,25). The molecule has 26 heavy (non-hydrogen) atoms. The van der Waals surface area contributed by atoms with E-state index < -0.39 is 0 Å². The van der Waals surface area contributed by atoms with E-state index >= 15 is 0 Å². The number of benzene rings is 1. The maximum atomic E-state index is 11.7. The van der Waals surface area contributed by atoms with Gasteiger partial charge in [0, 0.05) is 31.6 Å². The highest BCUT2D eigenvalue weighted by Crippen LogP contribution is 2.29. The Kier molecular flexibility index (Phi) is 5.70. The Morgan fingerprint density at radius 2 is 2.12 bits per heavy atom. The normalized spacial score (nSPS) is 12.0. The lowest BCUT2D eigenvalue weighted by atomic mass is 10.1. The fourth-order valence-electron chi connectivity index (χ4n) is 2.65. The summed E-state index contributed by atoms with van der Waals surface area (Å²) < 4.78 is 0. The summed E-state index contributed by atoms with van der Waals surface area (Å²) in [6.07, 6.45) is 2.39. The molecule has 0 spiro atoms. The SMILES string of the molecule is CC(=O)NC(Cc1ccc(CN)nc1)c1nnc(-c2cccc(C)c2)s1. The minimum absolute atomic E-state index is 0.103. The number of amides is 1. The molecule has 3 rings (SSSR count). The topological polar surface area (TPSA) is 93.8 Å². The molecule has 7 heteroatoms. The molecule has 0 saturated carbocycles. The molecule has 0 fully saturated rings. The molecular weight excluding hydrogens is 346 g/mol. The largest absolute Gasteiger partial charge is 0.347 e. The number of carbonyl (C=O) groups is 1. The van der Waals surface area contributed by atoms with Crippen molar-refractivity contribution in [1.82, 2.24) is 20.5 Å². The van der Waals surface area contributed by atoms with Crippen LogP contribution in [0.4, 0.5) is 0 Å². The van der Waals surface area contributed by atoms with Gasteiger partial charge in [-0.05, 0) is 24.6 Å². The Hall–Kier alpha value is -2.64. The van der Waals surface area contributed by atoms with Crippen molar-refractivity contribution in [3.63, 3.8) is 0 Å². The Labute approximate surface area is 156 Å². The fourth-order valence-corrected chi connectivity index (χ4v) is 3.54.